The number of morpholine rings is 1. The van der Waals surface area contributed by atoms with E-state index in [-0.39, 0.29) is 0 Å². The van der Waals surface area contributed by atoms with E-state index < -0.39 is 0 Å². The van der Waals surface area contributed by atoms with Crippen LogP contribution in [0.2, 0.25) is 0 Å². The van der Waals surface area contributed by atoms with Gasteiger partial charge in [-0.1, -0.05) is 18.2 Å². The molecule has 1 aromatic rings. The van der Waals surface area contributed by atoms with Crippen LogP contribution in [0, 0.1) is 0 Å². The van der Waals surface area contributed by atoms with Gasteiger partial charge >= 0.3 is 0 Å². The minimum absolute atomic E-state index is 0.640. The summed E-state index contributed by atoms with van der Waals surface area (Å²) in [6.07, 6.45) is 0. The molecule has 0 spiro atoms. The normalized spacial score (nSPS) is 23.2. The molecule has 2 heterocycles. The van der Waals surface area contributed by atoms with E-state index in [9.17, 15) is 0 Å². The topological polar surface area (TPSA) is 19.0 Å². The van der Waals surface area contributed by atoms with E-state index in [1.807, 2.05) is 0 Å². The van der Waals surface area contributed by atoms with E-state index in [1.165, 1.54) is 25.3 Å². The van der Waals surface area contributed by atoms with Gasteiger partial charge in [0.05, 0.1) is 13.2 Å². The molecule has 1 aromatic carbocycles. The van der Waals surface area contributed by atoms with E-state index >= 15 is 0 Å². The number of ether oxygens (including phenoxy) is 1. The van der Waals surface area contributed by atoms with Crippen molar-refractivity contribution in [1.29, 1.82) is 0 Å². The monoisotopic (exact) mass is 289 g/mol. The van der Waals surface area contributed by atoms with Crippen molar-refractivity contribution in [3.8, 4) is 0 Å². The van der Waals surface area contributed by atoms with Gasteiger partial charge in [-0.15, -0.1) is 0 Å². The first kappa shape index (κ1) is 14.8. The molecule has 0 bridgehead atoms. The Morgan fingerprint density at radius 1 is 0.952 bits per heavy atom. The molecule has 2 fully saturated rings. The van der Waals surface area contributed by atoms with Gasteiger partial charge in [0.2, 0.25) is 0 Å². The van der Waals surface area contributed by atoms with Gasteiger partial charge in [0, 0.05) is 57.5 Å². The average Bonchev–Trinajstić information content (AvgIpc) is 2.57. The summed E-state index contributed by atoms with van der Waals surface area (Å²) in [5.74, 6) is 0. The van der Waals surface area contributed by atoms with Crippen LogP contribution in [0.15, 0.2) is 30.3 Å². The number of anilines is 1. The van der Waals surface area contributed by atoms with Gasteiger partial charge in [-0.05, 0) is 19.1 Å². The summed E-state index contributed by atoms with van der Waals surface area (Å²) in [6, 6.07) is 11.4. The Morgan fingerprint density at radius 3 is 2.29 bits per heavy atom. The van der Waals surface area contributed by atoms with Crippen LogP contribution in [-0.2, 0) is 4.74 Å². The molecule has 0 aliphatic carbocycles. The maximum Gasteiger partial charge on any atom is 0.0594 e. The second-order valence-corrected chi connectivity index (χ2v) is 6.12. The van der Waals surface area contributed by atoms with Gasteiger partial charge in [0.25, 0.3) is 0 Å². The predicted octanol–water partition coefficient (Wildman–Crippen LogP) is 1.53. The van der Waals surface area contributed by atoms with E-state index in [4.69, 9.17) is 4.74 Å². The lowest BCUT2D eigenvalue weighted by Crippen LogP contribution is -2.53. The van der Waals surface area contributed by atoms with Crippen LogP contribution < -0.4 is 4.90 Å². The first-order valence-corrected chi connectivity index (χ1v) is 8.17. The van der Waals surface area contributed by atoms with Crippen molar-refractivity contribution in [1.82, 2.24) is 9.80 Å². The number of nitrogens with zero attached hydrogens (tertiary/aromatic N) is 3. The fraction of sp³-hybridized carbons (Fsp3) is 0.647. The third kappa shape index (κ3) is 3.96. The molecular formula is C17H27N3O. The van der Waals surface area contributed by atoms with Crippen molar-refractivity contribution in [2.45, 2.75) is 13.0 Å². The lowest BCUT2D eigenvalue weighted by Gasteiger charge is -2.41. The fourth-order valence-corrected chi connectivity index (χ4v) is 3.33. The Kier molecular flexibility index (Phi) is 5.12. The van der Waals surface area contributed by atoms with Crippen LogP contribution in [0.3, 0.4) is 0 Å². The summed E-state index contributed by atoms with van der Waals surface area (Å²) in [7, 11) is 0. The highest BCUT2D eigenvalue weighted by Crippen LogP contribution is 2.17. The number of hydrogen-bond acceptors (Lipinski definition) is 4. The maximum absolute atomic E-state index is 5.43. The molecule has 116 valence electrons. The number of piperazine rings is 1. The SMILES string of the molecule is CC(CN1CCOCC1)N1CCN(c2ccccc2)CC1. The molecule has 0 aromatic heterocycles. The Bertz CT molecular complexity index is 411. The van der Waals surface area contributed by atoms with Crippen LogP contribution in [0.5, 0.6) is 0 Å². The molecule has 2 aliphatic heterocycles. The quantitative estimate of drug-likeness (QED) is 0.837. The number of hydrogen-bond donors (Lipinski definition) is 0. The van der Waals surface area contributed by atoms with Gasteiger partial charge in [-0.3, -0.25) is 9.80 Å². The molecule has 21 heavy (non-hydrogen) atoms. The Morgan fingerprint density at radius 2 is 1.62 bits per heavy atom. The molecule has 4 nitrogen and oxygen atoms in total. The molecule has 0 N–H and O–H groups in total. The highest BCUT2D eigenvalue weighted by atomic mass is 16.5. The fourth-order valence-electron chi connectivity index (χ4n) is 3.33. The first-order valence-electron chi connectivity index (χ1n) is 8.17. The van der Waals surface area contributed by atoms with Gasteiger partial charge in [-0.2, -0.15) is 0 Å². The van der Waals surface area contributed by atoms with E-state index in [0.717, 1.165) is 39.4 Å². The molecule has 0 radical (unpaired) electrons. The molecule has 4 heteroatoms. The van der Waals surface area contributed by atoms with Crippen molar-refractivity contribution in [2.24, 2.45) is 0 Å². The minimum atomic E-state index is 0.640. The zero-order chi connectivity index (χ0) is 14.5. The molecule has 0 saturated carbocycles. The number of para-hydroxylation sites is 1. The van der Waals surface area contributed by atoms with Gasteiger partial charge < -0.3 is 9.64 Å². The maximum atomic E-state index is 5.43. The van der Waals surface area contributed by atoms with Gasteiger partial charge in [-0.25, -0.2) is 0 Å². The smallest absolute Gasteiger partial charge is 0.0594 e. The van der Waals surface area contributed by atoms with Crippen molar-refractivity contribution < 1.29 is 4.74 Å². The summed E-state index contributed by atoms with van der Waals surface area (Å²) < 4.78 is 5.43. The van der Waals surface area contributed by atoms with Gasteiger partial charge in [0.1, 0.15) is 0 Å². The van der Waals surface area contributed by atoms with E-state index in [0.29, 0.717) is 6.04 Å². The van der Waals surface area contributed by atoms with Crippen LogP contribution in [0.1, 0.15) is 6.92 Å². The molecule has 1 atom stereocenters. The molecule has 3 rings (SSSR count). The summed E-state index contributed by atoms with van der Waals surface area (Å²) in [4.78, 5) is 7.67. The lowest BCUT2D eigenvalue weighted by atomic mass is 10.2. The minimum Gasteiger partial charge on any atom is -0.379 e. The summed E-state index contributed by atoms with van der Waals surface area (Å²) in [5, 5.41) is 0. The predicted molar refractivity (Wildman–Crippen MR) is 86.9 cm³/mol. The first-order chi connectivity index (χ1) is 10.3. The summed E-state index contributed by atoms with van der Waals surface area (Å²) in [5.41, 5.74) is 1.36. The van der Waals surface area contributed by atoms with E-state index in [1.54, 1.807) is 0 Å². The van der Waals surface area contributed by atoms with Crippen molar-refractivity contribution in [3.05, 3.63) is 30.3 Å². The second kappa shape index (κ2) is 7.25. The highest BCUT2D eigenvalue weighted by Gasteiger charge is 2.23. The van der Waals surface area contributed by atoms with Gasteiger partial charge in [0.15, 0.2) is 0 Å². The van der Waals surface area contributed by atoms with Crippen molar-refractivity contribution in [3.63, 3.8) is 0 Å². The van der Waals surface area contributed by atoms with Crippen molar-refractivity contribution in [2.75, 3.05) is 63.9 Å². The molecule has 2 saturated heterocycles. The summed E-state index contributed by atoms with van der Waals surface area (Å²) in [6.45, 7) is 12.1. The largest absolute Gasteiger partial charge is 0.379 e. The molecular weight excluding hydrogens is 262 g/mol. The zero-order valence-corrected chi connectivity index (χ0v) is 13.1. The second-order valence-electron chi connectivity index (χ2n) is 6.12. The molecule has 2 aliphatic rings. The molecule has 0 amide bonds. The van der Waals surface area contributed by atoms with E-state index in [2.05, 4.69) is 52.0 Å². The van der Waals surface area contributed by atoms with Crippen LogP contribution in [0.4, 0.5) is 5.69 Å². The van der Waals surface area contributed by atoms with Crippen LogP contribution in [-0.4, -0.2) is 74.9 Å². The van der Waals surface area contributed by atoms with Crippen LogP contribution in [0.25, 0.3) is 0 Å². The Labute approximate surface area is 128 Å². The van der Waals surface area contributed by atoms with Crippen molar-refractivity contribution >= 4 is 5.69 Å². The third-order valence-corrected chi connectivity index (χ3v) is 4.69. The summed E-state index contributed by atoms with van der Waals surface area (Å²) >= 11 is 0. The molecule has 1 unspecified atom stereocenters. The third-order valence-electron chi connectivity index (χ3n) is 4.69. The lowest BCUT2D eigenvalue weighted by molar-refractivity contribution is 0.0239. The number of rotatable bonds is 4. The average molecular weight is 289 g/mol. The zero-order valence-electron chi connectivity index (χ0n) is 13.1. The Balaban J connectivity index is 1.46. The highest BCUT2D eigenvalue weighted by molar-refractivity contribution is 5.46. The standard InChI is InChI=1S/C17H27N3O/c1-16(15-18-11-13-21-14-12-18)19-7-9-20(10-8-19)17-5-3-2-4-6-17/h2-6,16H,7-15H2,1H3. The van der Waals surface area contributed by atoms with Crippen LogP contribution >= 0.6 is 0 Å². The Hall–Kier alpha value is -1.10. The number of benzene rings is 1.